The van der Waals surface area contributed by atoms with Gasteiger partial charge in [-0.3, -0.25) is 0 Å². The number of methoxy groups -OCH3 is 1. The average molecular weight is 253 g/mol. The molecule has 0 aliphatic heterocycles. The van der Waals surface area contributed by atoms with E-state index in [4.69, 9.17) is 15.0 Å². The molecule has 1 aromatic heterocycles. The second-order valence-corrected chi connectivity index (χ2v) is 5.04. The Labute approximate surface area is 108 Å². The van der Waals surface area contributed by atoms with Crippen molar-refractivity contribution in [1.29, 1.82) is 0 Å². The van der Waals surface area contributed by atoms with E-state index in [1.807, 2.05) is 0 Å². The first-order chi connectivity index (χ1) is 8.80. The van der Waals surface area contributed by atoms with Crippen LogP contribution in [0.25, 0.3) is 0 Å². The minimum absolute atomic E-state index is 0.0507. The van der Waals surface area contributed by atoms with Gasteiger partial charge in [-0.1, -0.05) is 24.9 Å². The molecular formula is C13H23N3O2. The lowest BCUT2D eigenvalue weighted by Crippen LogP contribution is -2.17. The number of aromatic nitrogens is 2. The van der Waals surface area contributed by atoms with E-state index < -0.39 is 0 Å². The van der Waals surface area contributed by atoms with Gasteiger partial charge in [-0.15, -0.1) is 0 Å². The van der Waals surface area contributed by atoms with Gasteiger partial charge >= 0.3 is 0 Å². The van der Waals surface area contributed by atoms with Crippen molar-refractivity contribution in [3.63, 3.8) is 0 Å². The summed E-state index contributed by atoms with van der Waals surface area (Å²) in [5.41, 5.74) is 5.79. The Morgan fingerprint density at radius 2 is 2.33 bits per heavy atom. The molecule has 0 aromatic carbocycles. The van der Waals surface area contributed by atoms with E-state index in [0.29, 0.717) is 24.2 Å². The summed E-state index contributed by atoms with van der Waals surface area (Å²) in [6.07, 6.45) is 5.38. The van der Waals surface area contributed by atoms with Gasteiger partial charge < -0.3 is 15.0 Å². The van der Waals surface area contributed by atoms with Crippen molar-refractivity contribution in [2.24, 2.45) is 11.7 Å². The summed E-state index contributed by atoms with van der Waals surface area (Å²) in [5.74, 6) is 2.26. The monoisotopic (exact) mass is 253 g/mol. The van der Waals surface area contributed by atoms with Gasteiger partial charge in [0.25, 0.3) is 0 Å². The molecule has 1 fully saturated rings. The number of nitrogens with two attached hydrogens (primary N) is 1. The highest BCUT2D eigenvalue weighted by Crippen LogP contribution is 2.38. The maximum absolute atomic E-state index is 5.79. The second kappa shape index (κ2) is 6.29. The molecule has 102 valence electrons. The Kier molecular flexibility index (Phi) is 4.72. The van der Waals surface area contributed by atoms with Crippen LogP contribution in [0.3, 0.4) is 0 Å². The summed E-state index contributed by atoms with van der Waals surface area (Å²) >= 11 is 0. The fourth-order valence-corrected chi connectivity index (χ4v) is 2.79. The van der Waals surface area contributed by atoms with Gasteiger partial charge in [0.1, 0.15) is 6.10 Å². The van der Waals surface area contributed by atoms with E-state index in [1.54, 1.807) is 7.11 Å². The van der Waals surface area contributed by atoms with E-state index in [0.717, 1.165) is 25.2 Å². The Morgan fingerprint density at radius 3 is 3.00 bits per heavy atom. The Morgan fingerprint density at radius 1 is 1.50 bits per heavy atom. The fourth-order valence-electron chi connectivity index (χ4n) is 2.79. The summed E-state index contributed by atoms with van der Waals surface area (Å²) in [6.45, 7) is 2.82. The van der Waals surface area contributed by atoms with Crippen molar-refractivity contribution < 1.29 is 9.26 Å². The molecule has 0 bridgehead atoms. The van der Waals surface area contributed by atoms with Crippen molar-refractivity contribution in [3.05, 3.63) is 11.7 Å². The largest absolute Gasteiger partial charge is 0.373 e. The van der Waals surface area contributed by atoms with Crippen molar-refractivity contribution in [2.75, 3.05) is 13.7 Å². The van der Waals surface area contributed by atoms with Gasteiger partial charge in [0.15, 0.2) is 0 Å². The lowest BCUT2D eigenvalue weighted by molar-refractivity contribution is 0.0854. The molecule has 5 nitrogen and oxygen atoms in total. The van der Waals surface area contributed by atoms with E-state index >= 15 is 0 Å². The van der Waals surface area contributed by atoms with Gasteiger partial charge in [0.2, 0.25) is 11.7 Å². The van der Waals surface area contributed by atoms with Crippen molar-refractivity contribution >= 4 is 0 Å². The summed E-state index contributed by atoms with van der Waals surface area (Å²) in [6, 6.07) is 0. The molecule has 1 aliphatic rings. The van der Waals surface area contributed by atoms with Gasteiger partial charge in [-0.2, -0.15) is 4.98 Å². The lowest BCUT2D eigenvalue weighted by atomic mass is 9.96. The fraction of sp³-hybridized carbons (Fsp3) is 0.846. The summed E-state index contributed by atoms with van der Waals surface area (Å²) in [7, 11) is 1.69. The summed E-state index contributed by atoms with van der Waals surface area (Å²) in [4.78, 5) is 4.52. The smallest absolute Gasteiger partial charge is 0.230 e. The van der Waals surface area contributed by atoms with Crippen LogP contribution in [0.15, 0.2) is 4.52 Å². The number of nitrogens with zero attached hydrogens (tertiary/aromatic N) is 2. The first-order valence-corrected chi connectivity index (χ1v) is 6.86. The minimum atomic E-state index is -0.0507. The number of ether oxygens (including phenoxy) is 1. The highest BCUT2D eigenvalue weighted by molar-refractivity contribution is 5.01. The van der Waals surface area contributed by atoms with E-state index in [2.05, 4.69) is 17.1 Å². The zero-order chi connectivity index (χ0) is 13.0. The van der Waals surface area contributed by atoms with Crippen molar-refractivity contribution in [3.8, 4) is 0 Å². The van der Waals surface area contributed by atoms with Gasteiger partial charge in [0.05, 0.1) is 0 Å². The van der Waals surface area contributed by atoms with Crippen LogP contribution in [0.5, 0.6) is 0 Å². The Bertz CT molecular complexity index is 367. The molecule has 1 aliphatic carbocycles. The Balaban J connectivity index is 2.09. The molecule has 1 heterocycles. The molecule has 1 saturated carbocycles. The average Bonchev–Trinajstić information content (AvgIpc) is 3.03. The topological polar surface area (TPSA) is 74.2 Å². The molecule has 3 unspecified atom stereocenters. The maximum Gasteiger partial charge on any atom is 0.230 e. The lowest BCUT2D eigenvalue weighted by Gasteiger charge is -2.13. The van der Waals surface area contributed by atoms with Crippen LogP contribution < -0.4 is 5.73 Å². The number of hydrogen-bond donors (Lipinski definition) is 1. The minimum Gasteiger partial charge on any atom is -0.373 e. The van der Waals surface area contributed by atoms with E-state index in [9.17, 15) is 0 Å². The zero-order valence-electron chi connectivity index (χ0n) is 11.3. The van der Waals surface area contributed by atoms with Crippen LogP contribution in [0.4, 0.5) is 0 Å². The molecule has 2 N–H and O–H groups in total. The number of rotatable bonds is 6. The maximum atomic E-state index is 5.79. The first kappa shape index (κ1) is 13.5. The van der Waals surface area contributed by atoms with Crippen molar-refractivity contribution in [1.82, 2.24) is 10.1 Å². The van der Waals surface area contributed by atoms with Crippen LogP contribution in [-0.2, 0) is 4.74 Å². The van der Waals surface area contributed by atoms with E-state index in [-0.39, 0.29) is 6.10 Å². The molecular weight excluding hydrogens is 230 g/mol. The molecule has 1 aromatic rings. The molecule has 2 rings (SSSR count). The van der Waals surface area contributed by atoms with Crippen LogP contribution in [0.1, 0.15) is 62.8 Å². The molecule has 0 saturated heterocycles. The van der Waals surface area contributed by atoms with Gasteiger partial charge in [0, 0.05) is 13.0 Å². The molecule has 0 radical (unpaired) electrons. The Hall–Kier alpha value is -0.940. The molecule has 0 amide bonds. The third-order valence-electron chi connectivity index (χ3n) is 3.86. The second-order valence-electron chi connectivity index (χ2n) is 5.04. The standard InChI is InChI=1S/C13H23N3O2/c1-3-5-11(17-2)12-15-13(18-16-12)10-7-4-6-9(10)8-14/h9-11H,3-8,14H2,1-2H3. The summed E-state index contributed by atoms with van der Waals surface area (Å²) in [5, 5.41) is 4.07. The third-order valence-corrected chi connectivity index (χ3v) is 3.86. The first-order valence-electron chi connectivity index (χ1n) is 6.86. The predicted molar refractivity (Wildman–Crippen MR) is 68.1 cm³/mol. The van der Waals surface area contributed by atoms with Crippen LogP contribution in [-0.4, -0.2) is 23.8 Å². The molecule has 0 spiro atoms. The molecule has 5 heteroatoms. The van der Waals surface area contributed by atoms with E-state index in [1.165, 1.54) is 12.8 Å². The third kappa shape index (κ3) is 2.72. The van der Waals surface area contributed by atoms with Crippen molar-refractivity contribution in [2.45, 2.75) is 51.0 Å². The molecule has 18 heavy (non-hydrogen) atoms. The van der Waals surface area contributed by atoms with Crippen LogP contribution >= 0.6 is 0 Å². The zero-order valence-corrected chi connectivity index (χ0v) is 11.3. The number of hydrogen-bond acceptors (Lipinski definition) is 5. The highest BCUT2D eigenvalue weighted by atomic mass is 16.5. The molecule has 3 atom stereocenters. The quantitative estimate of drug-likeness (QED) is 0.842. The van der Waals surface area contributed by atoms with Crippen LogP contribution in [0.2, 0.25) is 0 Å². The van der Waals surface area contributed by atoms with Gasteiger partial charge in [-0.05, 0) is 31.7 Å². The SMILES string of the molecule is CCCC(OC)c1noc(C2CCCC2CN)n1. The predicted octanol–water partition coefficient (Wildman–Crippen LogP) is 2.40. The highest BCUT2D eigenvalue weighted by Gasteiger charge is 2.32. The van der Waals surface area contributed by atoms with Crippen LogP contribution in [0, 0.1) is 5.92 Å². The summed E-state index contributed by atoms with van der Waals surface area (Å²) < 4.78 is 10.8. The van der Waals surface area contributed by atoms with Gasteiger partial charge in [-0.25, -0.2) is 0 Å². The normalized spacial score (nSPS) is 25.5.